The molecule has 0 saturated carbocycles. The molecule has 72 heavy (non-hydrogen) atoms. The third-order valence-electron chi connectivity index (χ3n) is 10.2. The van der Waals surface area contributed by atoms with Crippen LogP contribution < -0.4 is 10.6 Å². The lowest BCUT2D eigenvalue weighted by Gasteiger charge is -2.29. The predicted molar refractivity (Wildman–Crippen MR) is 293 cm³/mol. The van der Waals surface area contributed by atoms with Gasteiger partial charge in [-0.1, -0.05) is 175 Å². The minimum absolute atomic E-state index is 0.0232. The monoisotopic (exact) mass is 1000 g/mol. The first-order chi connectivity index (χ1) is 34.4. The quantitative estimate of drug-likeness (QED) is 0.0147. The van der Waals surface area contributed by atoms with Gasteiger partial charge in [-0.2, -0.15) is 0 Å². The van der Waals surface area contributed by atoms with E-state index in [1.807, 2.05) is 19.1 Å². The van der Waals surface area contributed by atoms with Crippen molar-refractivity contribution < 1.29 is 53.9 Å². The topological polar surface area (TPSA) is 209 Å². The molecule has 2 atom stereocenters. The number of aliphatic hydroxyl groups is 2. The maximum atomic E-state index is 12.0. The Morgan fingerprint density at radius 1 is 0.500 bits per heavy atom. The van der Waals surface area contributed by atoms with Crippen molar-refractivity contribution in [3.63, 3.8) is 0 Å². The molecule has 2 amide bonds. The Morgan fingerprint density at radius 3 is 1.19 bits per heavy atom. The molecule has 6 N–H and O–H groups in total. The van der Waals surface area contributed by atoms with Crippen LogP contribution in [0.1, 0.15) is 144 Å². The minimum Gasteiger partial charge on any atom is -0.498 e. The summed E-state index contributed by atoms with van der Waals surface area (Å²) in [7, 11) is 0. The van der Waals surface area contributed by atoms with Crippen molar-refractivity contribution in [3.8, 4) is 0 Å². The molecule has 0 saturated heterocycles. The zero-order valence-corrected chi connectivity index (χ0v) is 44.4. The Morgan fingerprint density at radius 2 is 0.833 bits per heavy atom. The van der Waals surface area contributed by atoms with Crippen molar-refractivity contribution in [2.45, 2.75) is 156 Å². The van der Waals surface area contributed by atoms with Crippen LogP contribution in [0.3, 0.4) is 0 Å². The molecule has 13 nitrogen and oxygen atoms in total. The molecule has 0 aromatic heterocycles. The van der Waals surface area contributed by atoms with E-state index < -0.39 is 52.8 Å². The van der Waals surface area contributed by atoms with Crippen molar-refractivity contribution in [3.05, 3.63) is 146 Å². The molecule has 0 aliphatic rings. The second kappa shape index (κ2) is 46.0. The van der Waals surface area contributed by atoms with E-state index in [0.29, 0.717) is 18.6 Å². The summed E-state index contributed by atoms with van der Waals surface area (Å²) < 4.78 is 10.9. The van der Waals surface area contributed by atoms with E-state index in [-0.39, 0.29) is 45.6 Å². The molecule has 402 valence electrons. The molecule has 13 heteroatoms. The van der Waals surface area contributed by atoms with E-state index >= 15 is 0 Å². The SMILES string of the molecule is C=C(CCC/C=C\C/C=C\C/C=C\C/C=C\C/C=C\C)OCC(C)(C)[C@@H](O)C(=O)NCCC(=O)O.CC/C=C\C/C=C\C/C=C\C/C=C\C/C=C\C/C=C\CC(=O)OCC(C)(C)[C@@H](O)C(=O)NCCC(=O)O. The molecule has 0 heterocycles. The zero-order chi connectivity index (χ0) is 54.1. The molecule has 0 rings (SSSR count). The van der Waals surface area contributed by atoms with Crippen molar-refractivity contribution in [1.29, 1.82) is 0 Å². The number of hydrogen-bond donors (Lipinski definition) is 6. The fourth-order valence-electron chi connectivity index (χ4n) is 5.69. The van der Waals surface area contributed by atoms with Gasteiger partial charge >= 0.3 is 17.9 Å². The lowest BCUT2D eigenvalue weighted by atomic mass is 9.87. The molecule has 0 radical (unpaired) electrons. The van der Waals surface area contributed by atoms with Crippen LogP contribution in [0.2, 0.25) is 0 Å². The second-order valence-corrected chi connectivity index (χ2v) is 18.0. The number of carbonyl (C=O) groups is 5. The molecule has 0 aromatic carbocycles. The first-order valence-corrected chi connectivity index (χ1v) is 25.3. The maximum absolute atomic E-state index is 12.0. The Bertz CT molecular complexity index is 1860. The van der Waals surface area contributed by atoms with E-state index in [2.05, 4.69) is 140 Å². The fraction of sp³-hybridized carbons (Fsp3) is 0.508. The van der Waals surface area contributed by atoms with Gasteiger partial charge in [0.1, 0.15) is 12.2 Å². The number of aliphatic hydroxyl groups excluding tert-OH is 2. The fourth-order valence-corrected chi connectivity index (χ4v) is 5.69. The number of carboxylic acids is 2. The summed E-state index contributed by atoms with van der Waals surface area (Å²) in [6.07, 6.45) is 55.4. The van der Waals surface area contributed by atoms with Crippen LogP contribution in [0.5, 0.6) is 0 Å². The van der Waals surface area contributed by atoms with E-state index in [1.54, 1.807) is 33.8 Å². The Balaban J connectivity index is 0. The molecule has 0 unspecified atom stereocenters. The van der Waals surface area contributed by atoms with Crippen LogP contribution in [-0.2, 0) is 33.4 Å². The van der Waals surface area contributed by atoms with Crippen molar-refractivity contribution in [2.24, 2.45) is 10.8 Å². The van der Waals surface area contributed by atoms with E-state index in [1.165, 1.54) is 0 Å². The summed E-state index contributed by atoms with van der Waals surface area (Å²) >= 11 is 0. The largest absolute Gasteiger partial charge is 0.498 e. The number of hydrogen-bond acceptors (Lipinski definition) is 9. The standard InChI is InChI=1S/C30H45NO6.C29H45NO5/c1-4-5-6-7-8-9-10-11-12-13-14-15-16-17-18-19-20-21-22-27(34)37-25-30(2,3)28(35)29(36)31-24-23-26(32)33;1-5-6-7-8-9-10-11-12-13-14-15-16-17-18-19-20-21-25(2)35-24-29(3,4)27(33)28(34)30-23-22-26(31)32/h5-6,8-9,11-12,14-15,17-18,20-21,28,35H,4,7,10,13,16,19,22-25H2,1-3H3,(H,31,36)(H,32,33);5-6,8-9,11-12,14-15,17-18,27,33H,2,7,10,13,16,19-24H2,1,3-4H3,(H,30,34)(H,31,32)/b6-5-,9-8-,12-11-,15-14-,18-17-,21-20-;6-5-,9-8-,12-11-,15-14-,18-17-/t28-;27-/m00/s1. The van der Waals surface area contributed by atoms with Crippen LogP contribution in [0, 0.1) is 10.8 Å². The lowest BCUT2D eigenvalue weighted by molar-refractivity contribution is -0.152. The van der Waals surface area contributed by atoms with Gasteiger partial charge in [0.25, 0.3) is 0 Å². The van der Waals surface area contributed by atoms with Crippen LogP contribution in [0.25, 0.3) is 0 Å². The van der Waals surface area contributed by atoms with Gasteiger partial charge in [-0.3, -0.25) is 24.0 Å². The maximum Gasteiger partial charge on any atom is 0.309 e. The molecule has 0 spiro atoms. The number of esters is 1. The number of ether oxygens (including phenoxy) is 2. The first-order valence-electron chi connectivity index (χ1n) is 25.3. The molecule has 0 fully saturated rings. The van der Waals surface area contributed by atoms with Crippen molar-refractivity contribution >= 4 is 29.7 Å². The molecule has 0 aromatic rings. The second-order valence-electron chi connectivity index (χ2n) is 18.0. The van der Waals surface area contributed by atoms with Gasteiger partial charge in [-0.15, -0.1) is 0 Å². The van der Waals surface area contributed by atoms with Gasteiger partial charge < -0.3 is 40.5 Å². The van der Waals surface area contributed by atoms with E-state index in [9.17, 15) is 34.2 Å². The molecule has 0 aliphatic carbocycles. The zero-order valence-electron chi connectivity index (χ0n) is 44.4. The number of carboxylic acid groups (broad SMARTS) is 2. The Kier molecular flexibility index (Phi) is 43.5. The third-order valence-corrected chi connectivity index (χ3v) is 10.2. The van der Waals surface area contributed by atoms with Gasteiger partial charge in [0.05, 0.1) is 38.2 Å². The van der Waals surface area contributed by atoms with Crippen LogP contribution in [-0.4, -0.2) is 88.7 Å². The highest BCUT2D eigenvalue weighted by Gasteiger charge is 2.35. The Hall–Kier alpha value is -6.05. The van der Waals surface area contributed by atoms with Gasteiger partial charge in [-0.05, 0) is 84.0 Å². The van der Waals surface area contributed by atoms with E-state index in [4.69, 9.17) is 19.7 Å². The summed E-state index contributed by atoms with van der Waals surface area (Å²) in [5, 5.41) is 42.4. The van der Waals surface area contributed by atoms with E-state index in [0.717, 1.165) is 70.6 Å². The molecule has 0 bridgehead atoms. The summed E-state index contributed by atoms with van der Waals surface area (Å²) in [6, 6.07) is 0. The van der Waals surface area contributed by atoms with Gasteiger partial charge in [0, 0.05) is 30.3 Å². The number of carbonyl (C=O) groups excluding carboxylic acids is 3. The smallest absolute Gasteiger partial charge is 0.309 e. The van der Waals surface area contributed by atoms with Crippen LogP contribution in [0.4, 0.5) is 0 Å². The van der Waals surface area contributed by atoms with Crippen molar-refractivity contribution in [2.75, 3.05) is 26.3 Å². The summed E-state index contributed by atoms with van der Waals surface area (Å²) in [5.41, 5.74) is -1.85. The molecular weight excluding hydrogens is 913 g/mol. The van der Waals surface area contributed by atoms with Gasteiger partial charge in [0.2, 0.25) is 11.8 Å². The number of allylic oxidation sites excluding steroid dienone is 22. The Labute approximate surface area is 432 Å². The third kappa shape index (κ3) is 43.9. The number of amides is 2. The highest BCUT2D eigenvalue weighted by Crippen LogP contribution is 2.24. The predicted octanol–water partition coefficient (Wildman–Crippen LogP) is 11.6. The summed E-state index contributed by atoms with van der Waals surface area (Å²) in [5.74, 6) is -3.18. The lowest BCUT2D eigenvalue weighted by Crippen LogP contribution is -2.46. The highest BCUT2D eigenvalue weighted by molar-refractivity contribution is 5.82. The normalized spacial score (nSPS) is 13.6. The summed E-state index contributed by atoms with van der Waals surface area (Å²) in [4.78, 5) is 56.9. The molecule has 0 aliphatic heterocycles. The minimum atomic E-state index is -1.43. The van der Waals surface area contributed by atoms with Crippen LogP contribution in [0.15, 0.2) is 146 Å². The average Bonchev–Trinajstić information content (AvgIpc) is 3.34. The van der Waals surface area contributed by atoms with Gasteiger partial charge in [-0.25, -0.2) is 0 Å². The highest BCUT2D eigenvalue weighted by atomic mass is 16.5. The molecular formula is C59H90N2O11. The summed E-state index contributed by atoms with van der Waals surface area (Å²) in [6.45, 7) is 14.6. The van der Waals surface area contributed by atoms with Gasteiger partial charge in [0.15, 0.2) is 0 Å². The number of unbranched alkanes of at least 4 members (excludes halogenated alkanes) is 1. The van der Waals surface area contributed by atoms with Crippen molar-refractivity contribution in [1.82, 2.24) is 10.6 Å². The first kappa shape index (κ1) is 68.0. The number of rotatable bonds is 40. The number of nitrogens with one attached hydrogen (secondary N) is 2. The average molecular weight is 1000 g/mol. The number of aliphatic carboxylic acids is 2. The van der Waals surface area contributed by atoms with Crippen LogP contribution >= 0.6 is 0 Å².